The van der Waals surface area contributed by atoms with Gasteiger partial charge in [0.25, 0.3) is 0 Å². The maximum absolute atomic E-state index is 11.9. The van der Waals surface area contributed by atoms with Crippen molar-refractivity contribution in [2.24, 2.45) is 0 Å². The number of alkyl halides is 2. The molecule has 0 amide bonds. The highest BCUT2D eigenvalue weighted by Crippen LogP contribution is 2.10. The van der Waals surface area contributed by atoms with Crippen molar-refractivity contribution in [1.29, 1.82) is 0 Å². The molecule has 2 aromatic rings. The molecule has 0 unspecified atom stereocenters. The van der Waals surface area contributed by atoms with E-state index >= 15 is 0 Å². The van der Waals surface area contributed by atoms with E-state index in [4.69, 9.17) is 0 Å². The molecule has 0 atom stereocenters. The normalized spacial score (nSPS) is 11.1. The van der Waals surface area contributed by atoms with E-state index in [1.54, 1.807) is 28.9 Å². The Hall–Kier alpha value is -1.72. The average molecular weight is 212 g/mol. The van der Waals surface area contributed by atoms with Crippen molar-refractivity contribution < 1.29 is 8.78 Å². The van der Waals surface area contributed by atoms with E-state index in [1.807, 2.05) is 0 Å². The van der Waals surface area contributed by atoms with Crippen molar-refractivity contribution in [1.82, 2.24) is 14.6 Å². The van der Waals surface area contributed by atoms with Gasteiger partial charge in [-0.05, 0) is 12.1 Å². The van der Waals surface area contributed by atoms with E-state index in [2.05, 4.69) is 15.5 Å². The molecule has 0 saturated carbocycles. The Morgan fingerprint density at radius 3 is 3.07 bits per heavy atom. The van der Waals surface area contributed by atoms with Gasteiger partial charge in [0.1, 0.15) is 12.1 Å². The van der Waals surface area contributed by atoms with Crippen LogP contribution in [0.2, 0.25) is 0 Å². The van der Waals surface area contributed by atoms with Gasteiger partial charge in [0.05, 0.1) is 0 Å². The molecule has 15 heavy (non-hydrogen) atoms. The van der Waals surface area contributed by atoms with Gasteiger partial charge in [0, 0.05) is 13.0 Å². The van der Waals surface area contributed by atoms with Crippen molar-refractivity contribution in [3.63, 3.8) is 0 Å². The maximum Gasteiger partial charge on any atom is 0.240 e. The summed E-state index contributed by atoms with van der Waals surface area (Å²) < 4.78 is 25.6. The first-order chi connectivity index (χ1) is 7.27. The molecule has 0 saturated heterocycles. The molecule has 0 spiro atoms. The summed E-state index contributed by atoms with van der Waals surface area (Å²) >= 11 is 0. The molecule has 0 aliphatic rings. The van der Waals surface area contributed by atoms with Crippen molar-refractivity contribution in [3.8, 4) is 0 Å². The number of hydrogen-bond donors (Lipinski definition) is 1. The van der Waals surface area contributed by atoms with Gasteiger partial charge in [-0.15, -0.1) is 10.2 Å². The standard InChI is InChI=1S/C9H10F2N4/c10-7(11)4-5-12-8-2-1-3-9-14-13-6-15(8)9/h1-3,6-7,12H,4-5H2. The Bertz CT molecular complexity index is 440. The topological polar surface area (TPSA) is 42.2 Å². The van der Waals surface area contributed by atoms with Crippen molar-refractivity contribution in [2.75, 3.05) is 11.9 Å². The van der Waals surface area contributed by atoms with Crippen molar-refractivity contribution >= 4 is 11.5 Å². The third kappa shape index (κ3) is 2.20. The third-order valence-electron chi connectivity index (χ3n) is 2.00. The number of anilines is 1. The molecule has 0 aliphatic carbocycles. The van der Waals surface area contributed by atoms with E-state index in [0.717, 1.165) is 5.82 Å². The number of pyridine rings is 1. The summed E-state index contributed by atoms with van der Waals surface area (Å²) in [5.41, 5.74) is 0.692. The Morgan fingerprint density at radius 1 is 1.40 bits per heavy atom. The van der Waals surface area contributed by atoms with Crippen LogP contribution in [0.1, 0.15) is 6.42 Å². The summed E-state index contributed by atoms with van der Waals surface area (Å²) in [4.78, 5) is 0. The van der Waals surface area contributed by atoms with Gasteiger partial charge in [-0.1, -0.05) is 6.07 Å². The van der Waals surface area contributed by atoms with E-state index < -0.39 is 6.43 Å². The molecule has 2 rings (SSSR count). The van der Waals surface area contributed by atoms with Gasteiger partial charge in [0.15, 0.2) is 5.65 Å². The molecule has 0 fully saturated rings. The molecule has 0 radical (unpaired) electrons. The first-order valence-electron chi connectivity index (χ1n) is 4.58. The number of nitrogens with one attached hydrogen (secondary N) is 1. The number of halogens is 2. The fourth-order valence-electron chi connectivity index (χ4n) is 1.30. The molecule has 4 nitrogen and oxygen atoms in total. The Balaban J connectivity index is 2.10. The monoisotopic (exact) mass is 212 g/mol. The second kappa shape index (κ2) is 4.20. The fourth-order valence-corrected chi connectivity index (χ4v) is 1.30. The summed E-state index contributed by atoms with van der Waals surface area (Å²) in [6, 6.07) is 5.39. The Labute approximate surface area is 84.9 Å². The molecule has 2 aromatic heterocycles. The quantitative estimate of drug-likeness (QED) is 0.840. The van der Waals surface area contributed by atoms with Gasteiger partial charge >= 0.3 is 0 Å². The number of rotatable bonds is 4. The third-order valence-corrected chi connectivity index (χ3v) is 2.00. The molecule has 0 aromatic carbocycles. The van der Waals surface area contributed by atoms with Crippen molar-refractivity contribution in [3.05, 3.63) is 24.5 Å². The van der Waals surface area contributed by atoms with Crippen LogP contribution in [0.4, 0.5) is 14.6 Å². The zero-order valence-electron chi connectivity index (χ0n) is 7.90. The van der Waals surface area contributed by atoms with Gasteiger partial charge in [0.2, 0.25) is 6.43 Å². The van der Waals surface area contributed by atoms with Crippen LogP contribution in [0.3, 0.4) is 0 Å². The molecule has 0 aliphatic heterocycles. The summed E-state index contributed by atoms with van der Waals surface area (Å²) in [5.74, 6) is 0.721. The highest BCUT2D eigenvalue weighted by molar-refractivity contribution is 5.48. The molecular weight excluding hydrogens is 202 g/mol. The van der Waals surface area contributed by atoms with E-state index in [9.17, 15) is 8.78 Å². The summed E-state index contributed by atoms with van der Waals surface area (Å²) in [6.07, 6.45) is -0.906. The van der Waals surface area contributed by atoms with Crippen LogP contribution in [-0.4, -0.2) is 27.6 Å². The van der Waals surface area contributed by atoms with Crippen LogP contribution >= 0.6 is 0 Å². The summed E-state index contributed by atoms with van der Waals surface area (Å²) in [5, 5.41) is 10.5. The zero-order chi connectivity index (χ0) is 10.7. The highest BCUT2D eigenvalue weighted by atomic mass is 19.3. The predicted octanol–water partition coefficient (Wildman–Crippen LogP) is 1.80. The Kier molecular flexibility index (Phi) is 2.75. The highest BCUT2D eigenvalue weighted by Gasteiger charge is 2.03. The lowest BCUT2D eigenvalue weighted by Crippen LogP contribution is -2.08. The van der Waals surface area contributed by atoms with Gasteiger partial charge in [-0.2, -0.15) is 0 Å². The average Bonchev–Trinajstić information content (AvgIpc) is 2.65. The van der Waals surface area contributed by atoms with Gasteiger partial charge in [-0.25, -0.2) is 8.78 Å². The van der Waals surface area contributed by atoms with Gasteiger partial charge < -0.3 is 5.32 Å². The minimum absolute atomic E-state index is 0.168. The summed E-state index contributed by atoms with van der Waals surface area (Å²) in [7, 11) is 0. The van der Waals surface area contributed by atoms with Crippen LogP contribution in [0.15, 0.2) is 24.5 Å². The van der Waals surface area contributed by atoms with Crippen LogP contribution in [0.25, 0.3) is 5.65 Å². The van der Waals surface area contributed by atoms with Crippen LogP contribution in [0, 0.1) is 0 Å². The lowest BCUT2D eigenvalue weighted by Gasteiger charge is -2.07. The minimum Gasteiger partial charge on any atom is -0.371 e. The lowest BCUT2D eigenvalue weighted by molar-refractivity contribution is 0.142. The number of aromatic nitrogens is 3. The van der Waals surface area contributed by atoms with Crippen LogP contribution in [-0.2, 0) is 0 Å². The predicted molar refractivity (Wildman–Crippen MR) is 52.1 cm³/mol. The Morgan fingerprint density at radius 2 is 2.27 bits per heavy atom. The molecule has 0 bridgehead atoms. The largest absolute Gasteiger partial charge is 0.371 e. The second-order valence-corrected chi connectivity index (χ2v) is 3.08. The lowest BCUT2D eigenvalue weighted by atomic mass is 10.4. The first kappa shape index (κ1) is 9.82. The van der Waals surface area contributed by atoms with Crippen molar-refractivity contribution in [2.45, 2.75) is 12.8 Å². The summed E-state index contributed by atoms with van der Waals surface area (Å²) in [6.45, 7) is 0.231. The number of nitrogens with zero attached hydrogens (tertiary/aromatic N) is 3. The number of hydrogen-bond acceptors (Lipinski definition) is 3. The van der Waals surface area contributed by atoms with E-state index in [-0.39, 0.29) is 13.0 Å². The first-order valence-corrected chi connectivity index (χ1v) is 4.58. The van der Waals surface area contributed by atoms with E-state index in [0.29, 0.717) is 5.65 Å². The zero-order valence-corrected chi connectivity index (χ0v) is 7.90. The minimum atomic E-state index is -2.28. The second-order valence-electron chi connectivity index (χ2n) is 3.08. The van der Waals surface area contributed by atoms with E-state index in [1.165, 1.54) is 0 Å². The van der Waals surface area contributed by atoms with Gasteiger partial charge in [-0.3, -0.25) is 4.40 Å². The maximum atomic E-state index is 11.9. The molecule has 2 heterocycles. The molecule has 6 heteroatoms. The number of fused-ring (bicyclic) bond motifs is 1. The molecule has 80 valence electrons. The van der Waals surface area contributed by atoms with Crippen LogP contribution < -0.4 is 5.32 Å². The fraction of sp³-hybridized carbons (Fsp3) is 0.333. The van der Waals surface area contributed by atoms with Crippen LogP contribution in [0.5, 0.6) is 0 Å². The smallest absolute Gasteiger partial charge is 0.240 e. The SMILES string of the molecule is FC(F)CCNc1cccc2nncn12. The molecule has 1 N–H and O–H groups in total. The molecular formula is C9H10F2N4.